The second kappa shape index (κ2) is 11.5. The zero-order valence-corrected chi connectivity index (χ0v) is 31.7. The Hall–Kier alpha value is -6.44. The predicted octanol–water partition coefficient (Wildman–Crippen LogP) is 14.1. The van der Waals surface area contributed by atoms with Crippen molar-refractivity contribution in [3.8, 4) is 44.5 Å². The van der Waals surface area contributed by atoms with E-state index in [4.69, 9.17) is 0 Å². The van der Waals surface area contributed by atoms with Crippen molar-refractivity contribution in [1.29, 1.82) is 0 Å². The summed E-state index contributed by atoms with van der Waals surface area (Å²) in [5, 5.41) is 0. The first-order chi connectivity index (χ1) is 26.9. The van der Waals surface area contributed by atoms with Gasteiger partial charge in [0.05, 0.1) is 16.8 Å². The molecule has 0 unspecified atom stereocenters. The minimum absolute atomic E-state index is 0.138. The fourth-order valence-corrected chi connectivity index (χ4v) is 10.4. The summed E-state index contributed by atoms with van der Waals surface area (Å²) in [6, 6.07) is 66.4. The second-order valence-corrected chi connectivity index (χ2v) is 16.2. The van der Waals surface area contributed by atoms with E-state index >= 15 is 0 Å². The third-order valence-electron chi connectivity index (χ3n) is 12.8. The van der Waals surface area contributed by atoms with E-state index in [1.165, 1.54) is 94.7 Å². The molecule has 1 nitrogen and oxygen atoms in total. The van der Waals surface area contributed by atoms with Crippen molar-refractivity contribution in [1.82, 2.24) is 0 Å². The third kappa shape index (κ3) is 4.30. The van der Waals surface area contributed by atoms with Gasteiger partial charge >= 0.3 is 0 Å². The molecule has 0 saturated heterocycles. The number of fused-ring (bicyclic) bond motifs is 13. The van der Waals surface area contributed by atoms with Gasteiger partial charge in [-0.05, 0) is 105 Å². The Kier molecular flexibility index (Phi) is 6.72. The van der Waals surface area contributed by atoms with Crippen molar-refractivity contribution in [3.05, 3.63) is 220 Å². The van der Waals surface area contributed by atoms with Crippen molar-refractivity contribution in [2.24, 2.45) is 0 Å². The molecule has 8 aromatic carbocycles. The minimum atomic E-state index is -0.503. The summed E-state index contributed by atoms with van der Waals surface area (Å²) in [4.78, 5) is 2.58. The molecule has 0 atom stereocenters. The van der Waals surface area contributed by atoms with Crippen LogP contribution in [0, 0.1) is 13.8 Å². The lowest BCUT2D eigenvalue weighted by atomic mass is 9.69. The number of anilines is 3. The van der Waals surface area contributed by atoms with Crippen LogP contribution in [0.4, 0.5) is 17.1 Å². The highest BCUT2D eigenvalue weighted by atomic mass is 15.1. The zero-order chi connectivity index (χ0) is 37.1. The summed E-state index contributed by atoms with van der Waals surface area (Å²) < 4.78 is 0. The molecule has 0 fully saturated rings. The van der Waals surface area contributed by atoms with Gasteiger partial charge in [0, 0.05) is 22.2 Å². The van der Waals surface area contributed by atoms with E-state index in [0.717, 1.165) is 11.4 Å². The first-order valence-corrected chi connectivity index (χ1v) is 19.5. The van der Waals surface area contributed by atoms with Crippen molar-refractivity contribution < 1.29 is 0 Å². The molecular weight excluding hydrogens is 663 g/mol. The van der Waals surface area contributed by atoms with Crippen molar-refractivity contribution >= 4 is 17.1 Å². The van der Waals surface area contributed by atoms with Crippen LogP contribution in [0.3, 0.4) is 0 Å². The van der Waals surface area contributed by atoms with E-state index < -0.39 is 5.41 Å². The van der Waals surface area contributed by atoms with Gasteiger partial charge in [-0.3, -0.25) is 0 Å². The molecule has 0 N–H and O–H groups in total. The van der Waals surface area contributed by atoms with Gasteiger partial charge in [0.2, 0.25) is 0 Å². The molecule has 0 amide bonds. The summed E-state index contributed by atoms with van der Waals surface area (Å²) in [6.07, 6.45) is 0. The van der Waals surface area contributed by atoms with E-state index in [1.54, 1.807) is 0 Å². The van der Waals surface area contributed by atoms with E-state index in [9.17, 15) is 0 Å². The maximum absolute atomic E-state index is 2.58. The minimum Gasteiger partial charge on any atom is -0.310 e. The summed E-state index contributed by atoms with van der Waals surface area (Å²) in [6.45, 7) is 9.24. The highest BCUT2D eigenvalue weighted by Gasteiger charge is 2.53. The molecule has 3 aliphatic rings. The maximum Gasteiger partial charge on any atom is 0.0746 e. The molecule has 0 saturated carbocycles. The first-order valence-electron chi connectivity index (χ1n) is 19.5. The smallest absolute Gasteiger partial charge is 0.0746 e. The van der Waals surface area contributed by atoms with E-state index in [1.807, 2.05) is 0 Å². The fourth-order valence-electron chi connectivity index (χ4n) is 10.4. The van der Waals surface area contributed by atoms with Crippen LogP contribution in [0.1, 0.15) is 58.4 Å². The van der Waals surface area contributed by atoms with Crippen molar-refractivity contribution in [2.45, 2.75) is 38.5 Å². The SMILES string of the molecule is Cc1ccc2c(c1)C1(c3cc(C)ccc3-2)c2ccccc2-c2cccc(N(c3ccc4c(c3)C(C)(C)c3ccccc3-4)c3ccccc3-c3ccccc3)c21. The number of hydrogen-bond donors (Lipinski definition) is 0. The van der Waals surface area contributed by atoms with Gasteiger partial charge in [0.15, 0.2) is 0 Å². The lowest BCUT2D eigenvalue weighted by Crippen LogP contribution is -2.28. The summed E-state index contributed by atoms with van der Waals surface area (Å²) >= 11 is 0. The van der Waals surface area contributed by atoms with Crippen LogP contribution in [0.5, 0.6) is 0 Å². The zero-order valence-electron chi connectivity index (χ0n) is 31.7. The Morgan fingerprint density at radius 1 is 0.364 bits per heavy atom. The Morgan fingerprint density at radius 3 is 1.58 bits per heavy atom. The fraction of sp³-hybridized carbons (Fsp3) is 0.111. The largest absolute Gasteiger partial charge is 0.310 e. The number of nitrogens with zero attached hydrogens (tertiary/aromatic N) is 1. The number of rotatable bonds is 4. The Balaban J connectivity index is 1.27. The second-order valence-electron chi connectivity index (χ2n) is 16.2. The molecule has 1 heteroatoms. The van der Waals surface area contributed by atoms with Crippen LogP contribution < -0.4 is 4.90 Å². The van der Waals surface area contributed by atoms with E-state index in [-0.39, 0.29) is 5.41 Å². The van der Waals surface area contributed by atoms with Crippen LogP contribution in [0.25, 0.3) is 44.5 Å². The molecule has 3 aliphatic carbocycles. The predicted molar refractivity (Wildman–Crippen MR) is 230 cm³/mol. The summed E-state index contributed by atoms with van der Waals surface area (Å²) in [5.41, 5.74) is 23.9. The topological polar surface area (TPSA) is 3.24 Å². The molecule has 0 aliphatic heterocycles. The van der Waals surface area contributed by atoms with Crippen molar-refractivity contribution in [3.63, 3.8) is 0 Å². The highest BCUT2D eigenvalue weighted by molar-refractivity contribution is 6.01. The molecular formula is C54H41N. The number of benzene rings is 8. The maximum atomic E-state index is 2.58. The molecule has 0 aromatic heterocycles. The van der Waals surface area contributed by atoms with Gasteiger partial charge in [-0.1, -0.05) is 177 Å². The van der Waals surface area contributed by atoms with Gasteiger partial charge in [-0.2, -0.15) is 0 Å². The molecule has 8 aromatic rings. The first kappa shape index (κ1) is 32.0. The number of hydrogen-bond acceptors (Lipinski definition) is 1. The van der Waals surface area contributed by atoms with Crippen LogP contribution >= 0.6 is 0 Å². The number of para-hydroxylation sites is 1. The summed E-state index contributed by atoms with van der Waals surface area (Å²) in [7, 11) is 0. The van der Waals surface area contributed by atoms with Crippen LogP contribution in [0.15, 0.2) is 176 Å². The Labute approximate surface area is 324 Å². The normalized spacial score (nSPS) is 14.5. The highest BCUT2D eigenvalue weighted by Crippen LogP contribution is 2.66. The molecule has 1 spiro atoms. The Bertz CT molecular complexity index is 2820. The van der Waals surface area contributed by atoms with Crippen molar-refractivity contribution in [2.75, 3.05) is 4.90 Å². The average molecular weight is 704 g/mol. The third-order valence-corrected chi connectivity index (χ3v) is 12.8. The summed E-state index contributed by atoms with van der Waals surface area (Å²) in [5.74, 6) is 0. The lowest BCUT2D eigenvalue weighted by Gasteiger charge is -2.37. The quantitative estimate of drug-likeness (QED) is 0.176. The van der Waals surface area contributed by atoms with Crippen LogP contribution in [-0.4, -0.2) is 0 Å². The molecule has 0 heterocycles. The van der Waals surface area contributed by atoms with Gasteiger partial charge in [-0.25, -0.2) is 0 Å². The van der Waals surface area contributed by atoms with Crippen LogP contribution in [-0.2, 0) is 10.8 Å². The molecule has 262 valence electrons. The molecule has 11 rings (SSSR count). The van der Waals surface area contributed by atoms with Crippen LogP contribution in [0.2, 0.25) is 0 Å². The average Bonchev–Trinajstić information content (AvgIpc) is 3.77. The van der Waals surface area contributed by atoms with E-state index in [0.29, 0.717) is 0 Å². The van der Waals surface area contributed by atoms with Gasteiger partial charge in [0.1, 0.15) is 0 Å². The van der Waals surface area contributed by atoms with E-state index in [2.05, 4.69) is 209 Å². The van der Waals surface area contributed by atoms with Gasteiger partial charge < -0.3 is 4.90 Å². The lowest BCUT2D eigenvalue weighted by molar-refractivity contribution is 0.660. The Morgan fingerprint density at radius 2 is 0.873 bits per heavy atom. The standard InChI is InChI=1S/C54H41N/c1-34-25-28-42-43-29-26-35(2)32-49(43)54(48(42)31-34)46-22-12-9-19-40(46)44-20-14-24-51(52(44)54)55(50-23-13-10-17-38(50)36-15-6-5-7-16-36)37-27-30-41-39-18-8-11-21-45(39)53(3,4)47(41)33-37/h5-33H,1-4H3. The molecule has 0 bridgehead atoms. The molecule has 0 radical (unpaired) electrons. The van der Waals surface area contributed by atoms with Gasteiger partial charge in [-0.15, -0.1) is 0 Å². The van der Waals surface area contributed by atoms with Gasteiger partial charge in [0.25, 0.3) is 0 Å². The monoisotopic (exact) mass is 703 g/mol. The number of aryl methyl sites for hydroxylation is 2. The molecule has 55 heavy (non-hydrogen) atoms.